The molecule has 5 rings (SSSR count). The first-order valence-electron chi connectivity index (χ1n) is 8.40. The third kappa shape index (κ3) is 2.05. The quantitative estimate of drug-likeness (QED) is 0.788. The summed E-state index contributed by atoms with van der Waals surface area (Å²) in [6, 6.07) is 1.83. The first kappa shape index (κ1) is 15.9. The molecule has 140 valence electrons. The van der Waals surface area contributed by atoms with Gasteiger partial charge in [-0.05, 0) is 13.0 Å². The number of aromatic nitrogens is 2. The summed E-state index contributed by atoms with van der Waals surface area (Å²) in [5.41, 5.74) is 3.64. The van der Waals surface area contributed by atoms with E-state index in [9.17, 15) is 4.79 Å². The SMILES string of the molecule is COc1c(C2C3=C(COC3=O)Nc3n[nH]c(C)c32)cc2c(c1OC)OCO2. The fraction of sp³-hybridized carbons (Fsp3) is 0.333. The highest BCUT2D eigenvalue weighted by molar-refractivity contribution is 5.97. The molecule has 0 radical (unpaired) electrons. The number of cyclic esters (lactones) is 1. The van der Waals surface area contributed by atoms with E-state index in [1.54, 1.807) is 7.11 Å². The number of aryl methyl sites for hydroxylation is 1. The number of anilines is 1. The molecule has 0 spiro atoms. The van der Waals surface area contributed by atoms with Crippen molar-refractivity contribution >= 4 is 11.8 Å². The Hall–Kier alpha value is -3.36. The Bertz CT molecular complexity index is 1010. The number of ether oxygens (including phenoxy) is 5. The van der Waals surface area contributed by atoms with Crippen molar-refractivity contribution in [3.8, 4) is 23.0 Å². The van der Waals surface area contributed by atoms with Crippen LogP contribution in [0.2, 0.25) is 0 Å². The number of nitrogens with zero attached hydrogens (tertiary/aromatic N) is 1. The van der Waals surface area contributed by atoms with Gasteiger partial charge in [-0.15, -0.1) is 0 Å². The number of methoxy groups -OCH3 is 2. The lowest BCUT2D eigenvalue weighted by Crippen LogP contribution is -2.20. The number of H-pyrrole nitrogens is 1. The fourth-order valence-electron chi connectivity index (χ4n) is 3.92. The van der Waals surface area contributed by atoms with E-state index < -0.39 is 5.92 Å². The molecule has 0 bridgehead atoms. The summed E-state index contributed by atoms with van der Waals surface area (Å²) in [6.45, 7) is 2.18. The van der Waals surface area contributed by atoms with Crippen LogP contribution in [-0.4, -0.2) is 43.8 Å². The summed E-state index contributed by atoms with van der Waals surface area (Å²) >= 11 is 0. The number of hydrogen-bond acceptors (Lipinski definition) is 8. The molecule has 4 heterocycles. The normalized spacial score (nSPS) is 19.4. The number of rotatable bonds is 3. The Morgan fingerprint density at radius 2 is 2.00 bits per heavy atom. The molecule has 0 fully saturated rings. The predicted molar refractivity (Wildman–Crippen MR) is 92.4 cm³/mol. The Labute approximate surface area is 154 Å². The number of nitrogens with one attached hydrogen (secondary N) is 2. The molecule has 1 unspecified atom stereocenters. The summed E-state index contributed by atoms with van der Waals surface area (Å²) in [5.74, 6) is 1.78. The average Bonchev–Trinajstić information content (AvgIpc) is 3.38. The van der Waals surface area contributed by atoms with Gasteiger partial charge in [0.05, 0.1) is 31.4 Å². The van der Waals surface area contributed by atoms with E-state index in [0.717, 1.165) is 16.8 Å². The number of carbonyl (C=O) groups is 1. The van der Waals surface area contributed by atoms with Crippen molar-refractivity contribution in [3.05, 3.63) is 34.2 Å². The molecule has 1 aromatic carbocycles. The van der Waals surface area contributed by atoms with Crippen molar-refractivity contribution in [2.24, 2.45) is 0 Å². The molecule has 0 amide bonds. The van der Waals surface area contributed by atoms with Gasteiger partial charge in [0.25, 0.3) is 0 Å². The van der Waals surface area contributed by atoms with Crippen molar-refractivity contribution in [3.63, 3.8) is 0 Å². The Balaban J connectivity index is 1.81. The van der Waals surface area contributed by atoms with Crippen LogP contribution < -0.4 is 24.3 Å². The second-order valence-electron chi connectivity index (χ2n) is 6.40. The molecule has 1 aromatic heterocycles. The molecule has 3 aliphatic heterocycles. The number of aromatic amines is 1. The van der Waals surface area contributed by atoms with Crippen LogP contribution in [0.3, 0.4) is 0 Å². The number of esters is 1. The largest absolute Gasteiger partial charge is 0.492 e. The van der Waals surface area contributed by atoms with Crippen molar-refractivity contribution < 1.29 is 28.5 Å². The first-order chi connectivity index (χ1) is 13.1. The van der Waals surface area contributed by atoms with Gasteiger partial charge in [-0.1, -0.05) is 0 Å². The van der Waals surface area contributed by atoms with Crippen LogP contribution in [0.4, 0.5) is 5.82 Å². The molecule has 9 heteroatoms. The summed E-state index contributed by atoms with van der Waals surface area (Å²) in [4.78, 5) is 12.5. The maximum atomic E-state index is 12.5. The molecule has 3 aliphatic rings. The number of carbonyl (C=O) groups excluding carboxylic acids is 1. The van der Waals surface area contributed by atoms with Crippen LogP contribution in [0.1, 0.15) is 22.7 Å². The smallest absolute Gasteiger partial charge is 0.337 e. The van der Waals surface area contributed by atoms with Gasteiger partial charge >= 0.3 is 5.97 Å². The Kier molecular flexibility index (Phi) is 3.27. The molecular formula is C18H17N3O6. The van der Waals surface area contributed by atoms with Gasteiger partial charge in [-0.2, -0.15) is 5.10 Å². The molecule has 9 nitrogen and oxygen atoms in total. The van der Waals surface area contributed by atoms with Crippen molar-refractivity contribution in [2.45, 2.75) is 12.8 Å². The highest BCUT2D eigenvalue weighted by Crippen LogP contribution is 2.55. The van der Waals surface area contributed by atoms with Gasteiger partial charge in [0.2, 0.25) is 18.3 Å². The van der Waals surface area contributed by atoms with E-state index in [0.29, 0.717) is 40.1 Å². The maximum absolute atomic E-state index is 12.5. The van der Waals surface area contributed by atoms with Crippen LogP contribution >= 0.6 is 0 Å². The minimum absolute atomic E-state index is 0.0937. The zero-order valence-electron chi connectivity index (χ0n) is 15.0. The van der Waals surface area contributed by atoms with E-state index in [4.69, 9.17) is 23.7 Å². The zero-order chi connectivity index (χ0) is 18.7. The van der Waals surface area contributed by atoms with Gasteiger partial charge in [0.1, 0.15) is 6.61 Å². The second kappa shape index (κ2) is 5.57. The summed E-state index contributed by atoms with van der Waals surface area (Å²) < 4.78 is 27.6. The lowest BCUT2D eigenvalue weighted by Gasteiger charge is -2.26. The highest BCUT2D eigenvalue weighted by atomic mass is 16.7. The maximum Gasteiger partial charge on any atom is 0.337 e. The Morgan fingerprint density at radius 3 is 2.78 bits per heavy atom. The molecule has 2 N–H and O–H groups in total. The molecule has 1 atom stereocenters. The molecular weight excluding hydrogens is 354 g/mol. The van der Waals surface area contributed by atoms with Gasteiger partial charge in [0.15, 0.2) is 17.3 Å². The number of benzene rings is 1. The summed E-state index contributed by atoms with van der Waals surface area (Å²) in [6.07, 6.45) is 0. The minimum Gasteiger partial charge on any atom is -0.492 e. The van der Waals surface area contributed by atoms with Crippen LogP contribution in [0.15, 0.2) is 17.3 Å². The average molecular weight is 371 g/mol. The van der Waals surface area contributed by atoms with Gasteiger partial charge < -0.3 is 29.0 Å². The van der Waals surface area contributed by atoms with Crippen LogP contribution in [0.25, 0.3) is 0 Å². The van der Waals surface area contributed by atoms with Crippen LogP contribution in [0, 0.1) is 6.92 Å². The van der Waals surface area contributed by atoms with Crippen LogP contribution in [-0.2, 0) is 9.53 Å². The molecule has 2 aromatic rings. The van der Waals surface area contributed by atoms with E-state index in [1.165, 1.54) is 7.11 Å². The fourth-order valence-corrected chi connectivity index (χ4v) is 3.92. The first-order valence-corrected chi connectivity index (χ1v) is 8.40. The lowest BCUT2D eigenvalue weighted by atomic mass is 9.81. The van der Waals surface area contributed by atoms with Crippen molar-refractivity contribution in [1.82, 2.24) is 10.2 Å². The number of hydrogen-bond donors (Lipinski definition) is 2. The third-order valence-electron chi connectivity index (χ3n) is 5.06. The topological polar surface area (TPSA) is 104 Å². The van der Waals surface area contributed by atoms with Crippen molar-refractivity contribution in [2.75, 3.05) is 32.9 Å². The van der Waals surface area contributed by atoms with Crippen molar-refractivity contribution in [1.29, 1.82) is 0 Å². The van der Waals surface area contributed by atoms with E-state index in [2.05, 4.69) is 15.5 Å². The standard InChI is InChI=1S/C18H17N3O6/c1-7-11-12(13-9(5-25-18(13)22)19-17(11)21-20-7)8-4-10-15(27-6-26-10)16(24-3)14(8)23-2/h4,12H,5-6H2,1-3H3,(H2,19,20,21). The molecule has 27 heavy (non-hydrogen) atoms. The summed E-state index contributed by atoms with van der Waals surface area (Å²) in [7, 11) is 3.09. The highest BCUT2D eigenvalue weighted by Gasteiger charge is 2.43. The molecule has 0 aliphatic carbocycles. The second-order valence-corrected chi connectivity index (χ2v) is 6.40. The Morgan fingerprint density at radius 1 is 1.19 bits per heavy atom. The van der Waals surface area contributed by atoms with E-state index >= 15 is 0 Å². The third-order valence-corrected chi connectivity index (χ3v) is 5.06. The van der Waals surface area contributed by atoms with Gasteiger partial charge in [-0.25, -0.2) is 4.79 Å². The van der Waals surface area contributed by atoms with E-state index in [-0.39, 0.29) is 19.4 Å². The number of fused-ring (bicyclic) bond motifs is 2. The monoisotopic (exact) mass is 371 g/mol. The predicted octanol–water partition coefficient (Wildman–Crippen LogP) is 1.83. The molecule has 0 saturated heterocycles. The van der Waals surface area contributed by atoms with Crippen LogP contribution in [0.5, 0.6) is 23.0 Å². The summed E-state index contributed by atoms with van der Waals surface area (Å²) in [5, 5.41) is 10.5. The minimum atomic E-state index is -0.441. The van der Waals surface area contributed by atoms with Gasteiger partial charge in [-0.3, -0.25) is 5.10 Å². The van der Waals surface area contributed by atoms with Gasteiger partial charge in [0, 0.05) is 16.8 Å². The zero-order valence-corrected chi connectivity index (χ0v) is 15.0. The van der Waals surface area contributed by atoms with E-state index in [1.807, 2.05) is 13.0 Å². The molecule has 0 saturated carbocycles. The lowest BCUT2D eigenvalue weighted by molar-refractivity contribution is -0.136.